The molecule has 0 aliphatic rings. The molecule has 1 amide bonds. The third kappa shape index (κ3) is 2.24. The summed E-state index contributed by atoms with van der Waals surface area (Å²) in [4.78, 5) is 15.0. The second kappa shape index (κ2) is 4.55. The van der Waals surface area contributed by atoms with Crippen molar-refractivity contribution in [3.8, 4) is 0 Å². The average Bonchev–Trinajstić information content (AvgIpc) is 2.35. The number of nitrogens with zero attached hydrogens (tertiary/aromatic N) is 1. The van der Waals surface area contributed by atoms with Gasteiger partial charge in [0.25, 0.3) is 5.91 Å². The quantitative estimate of drug-likeness (QED) is 0.455. The number of hydrogen-bond donors (Lipinski definition) is 2. The molecule has 0 saturated heterocycles. The highest BCUT2D eigenvalue weighted by atomic mass is 16.5. The number of benzene rings is 1. The van der Waals surface area contributed by atoms with E-state index in [2.05, 4.69) is 4.98 Å². The van der Waals surface area contributed by atoms with Crippen molar-refractivity contribution in [2.24, 2.45) is 0 Å². The summed E-state index contributed by atoms with van der Waals surface area (Å²) in [6, 6.07) is 9.47. The zero-order valence-electron chi connectivity index (χ0n) is 8.42. The van der Waals surface area contributed by atoms with Gasteiger partial charge in [-0.3, -0.25) is 15.0 Å². The molecule has 0 atom stereocenters. The Bertz CT molecular complexity index is 549. The fourth-order valence-corrected chi connectivity index (χ4v) is 1.41. The number of amides is 1. The molecule has 2 N–H and O–H groups in total. The summed E-state index contributed by atoms with van der Waals surface area (Å²) in [6.07, 6.45) is 4.62. The molecule has 0 unspecified atom stereocenters. The lowest BCUT2D eigenvalue weighted by molar-refractivity contribution is -0.124. The van der Waals surface area contributed by atoms with E-state index < -0.39 is 5.91 Å². The molecule has 0 spiro atoms. The summed E-state index contributed by atoms with van der Waals surface area (Å²) in [7, 11) is 0. The highest BCUT2D eigenvalue weighted by Gasteiger charge is 1.95. The highest BCUT2D eigenvalue weighted by Crippen LogP contribution is 2.14. The van der Waals surface area contributed by atoms with Gasteiger partial charge >= 0.3 is 0 Å². The van der Waals surface area contributed by atoms with Crippen LogP contribution in [0.5, 0.6) is 0 Å². The van der Waals surface area contributed by atoms with Crippen molar-refractivity contribution in [3.05, 3.63) is 48.2 Å². The van der Waals surface area contributed by atoms with Gasteiger partial charge in [0.15, 0.2) is 0 Å². The minimum Gasteiger partial charge on any atom is -0.288 e. The van der Waals surface area contributed by atoms with Gasteiger partial charge in [0.1, 0.15) is 0 Å². The van der Waals surface area contributed by atoms with Gasteiger partial charge in [0.05, 0.1) is 5.52 Å². The summed E-state index contributed by atoms with van der Waals surface area (Å²) in [6.45, 7) is 0. The Balaban J connectivity index is 2.33. The summed E-state index contributed by atoms with van der Waals surface area (Å²) < 4.78 is 0. The second-order valence-corrected chi connectivity index (χ2v) is 3.26. The van der Waals surface area contributed by atoms with Crippen LogP contribution in [0.3, 0.4) is 0 Å². The number of aromatic nitrogens is 1. The third-order valence-corrected chi connectivity index (χ3v) is 2.16. The Morgan fingerprint density at radius 1 is 1.38 bits per heavy atom. The van der Waals surface area contributed by atoms with Crippen LogP contribution in [0.4, 0.5) is 0 Å². The van der Waals surface area contributed by atoms with Crippen molar-refractivity contribution in [1.82, 2.24) is 10.5 Å². The van der Waals surface area contributed by atoms with Gasteiger partial charge in [-0.1, -0.05) is 12.1 Å². The first kappa shape index (κ1) is 10.3. The van der Waals surface area contributed by atoms with Crippen LogP contribution in [0.15, 0.2) is 42.6 Å². The molecule has 0 saturated carbocycles. The fraction of sp³-hybridized carbons (Fsp3) is 0. The van der Waals surface area contributed by atoms with Gasteiger partial charge in [-0.15, -0.1) is 0 Å². The SMILES string of the molecule is O=C(C=Cc1ccc2ncccc2c1)NO. The van der Waals surface area contributed by atoms with Crippen LogP contribution < -0.4 is 5.48 Å². The van der Waals surface area contributed by atoms with Crippen molar-refractivity contribution >= 4 is 22.9 Å². The Morgan fingerprint density at radius 2 is 2.25 bits per heavy atom. The van der Waals surface area contributed by atoms with Gasteiger partial charge in [0, 0.05) is 17.7 Å². The fourth-order valence-electron chi connectivity index (χ4n) is 1.41. The molecular weight excluding hydrogens is 204 g/mol. The number of fused-ring (bicyclic) bond motifs is 1. The third-order valence-electron chi connectivity index (χ3n) is 2.16. The minimum atomic E-state index is -0.550. The molecule has 80 valence electrons. The Morgan fingerprint density at radius 3 is 3.06 bits per heavy atom. The molecule has 4 heteroatoms. The van der Waals surface area contributed by atoms with Crippen molar-refractivity contribution in [3.63, 3.8) is 0 Å². The van der Waals surface area contributed by atoms with Gasteiger partial charge in [0.2, 0.25) is 0 Å². The normalized spacial score (nSPS) is 10.8. The van der Waals surface area contributed by atoms with Gasteiger partial charge in [-0.05, 0) is 29.8 Å². The number of nitrogens with one attached hydrogen (secondary N) is 1. The lowest BCUT2D eigenvalue weighted by Gasteiger charge is -1.98. The van der Waals surface area contributed by atoms with E-state index in [-0.39, 0.29) is 0 Å². The maximum absolute atomic E-state index is 10.8. The van der Waals surface area contributed by atoms with Crippen molar-refractivity contribution < 1.29 is 10.0 Å². The molecular formula is C12H10N2O2. The molecule has 1 aromatic carbocycles. The first-order valence-corrected chi connectivity index (χ1v) is 4.76. The van der Waals surface area contributed by atoms with E-state index in [9.17, 15) is 4.79 Å². The number of rotatable bonds is 2. The van der Waals surface area contributed by atoms with Crippen LogP contribution in [0.1, 0.15) is 5.56 Å². The van der Waals surface area contributed by atoms with Crippen LogP contribution >= 0.6 is 0 Å². The minimum absolute atomic E-state index is 0.550. The first-order valence-electron chi connectivity index (χ1n) is 4.76. The van der Waals surface area contributed by atoms with Crippen LogP contribution in [0.25, 0.3) is 17.0 Å². The largest absolute Gasteiger partial charge is 0.288 e. The van der Waals surface area contributed by atoms with Gasteiger partial charge < -0.3 is 0 Å². The molecule has 16 heavy (non-hydrogen) atoms. The topological polar surface area (TPSA) is 62.2 Å². The van der Waals surface area contributed by atoms with Crippen molar-refractivity contribution in [2.75, 3.05) is 0 Å². The predicted octanol–water partition coefficient (Wildman–Crippen LogP) is 1.75. The summed E-state index contributed by atoms with van der Waals surface area (Å²) in [5.41, 5.74) is 3.32. The molecule has 1 aromatic heterocycles. The summed E-state index contributed by atoms with van der Waals surface area (Å²) in [5, 5.41) is 9.33. The van der Waals surface area contributed by atoms with E-state index in [1.54, 1.807) is 12.3 Å². The van der Waals surface area contributed by atoms with Crippen molar-refractivity contribution in [2.45, 2.75) is 0 Å². The van der Waals surface area contributed by atoms with E-state index in [0.29, 0.717) is 0 Å². The van der Waals surface area contributed by atoms with E-state index in [4.69, 9.17) is 5.21 Å². The maximum atomic E-state index is 10.8. The Labute approximate surface area is 92.2 Å². The standard InChI is InChI=1S/C12H10N2O2/c15-12(14-16)6-4-9-3-5-11-10(8-9)2-1-7-13-11/h1-8,16H,(H,14,15). The Hall–Kier alpha value is -2.20. The number of carbonyl (C=O) groups is 1. The van der Waals surface area contributed by atoms with Crippen LogP contribution in [-0.4, -0.2) is 16.1 Å². The van der Waals surface area contributed by atoms with Gasteiger partial charge in [-0.25, -0.2) is 5.48 Å². The molecule has 2 rings (SSSR count). The van der Waals surface area contributed by atoms with Crippen LogP contribution in [0.2, 0.25) is 0 Å². The smallest absolute Gasteiger partial charge is 0.267 e. The van der Waals surface area contributed by atoms with Crippen molar-refractivity contribution in [1.29, 1.82) is 0 Å². The molecule has 0 bridgehead atoms. The number of hydroxylamine groups is 1. The van der Waals surface area contributed by atoms with Crippen LogP contribution in [-0.2, 0) is 4.79 Å². The second-order valence-electron chi connectivity index (χ2n) is 3.26. The zero-order valence-corrected chi connectivity index (χ0v) is 8.42. The average molecular weight is 214 g/mol. The van der Waals surface area contributed by atoms with E-state index in [0.717, 1.165) is 16.5 Å². The lowest BCUT2D eigenvalue weighted by Crippen LogP contribution is -2.14. The summed E-state index contributed by atoms with van der Waals surface area (Å²) >= 11 is 0. The number of pyridine rings is 1. The van der Waals surface area contributed by atoms with Gasteiger partial charge in [-0.2, -0.15) is 0 Å². The highest BCUT2D eigenvalue weighted by molar-refractivity contribution is 5.91. The molecule has 0 radical (unpaired) electrons. The summed E-state index contributed by atoms with van der Waals surface area (Å²) in [5.74, 6) is -0.550. The first-order chi connectivity index (χ1) is 7.79. The predicted molar refractivity (Wildman–Crippen MR) is 60.7 cm³/mol. The molecule has 0 fully saturated rings. The maximum Gasteiger partial charge on any atom is 0.267 e. The van der Waals surface area contributed by atoms with E-state index in [1.165, 1.54) is 11.6 Å². The van der Waals surface area contributed by atoms with Crippen LogP contribution in [0, 0.1) is 0 Å². The molecule has 0 aliphatic heterocycles. The molecule has 0 aliphatic carbocycles. The van der Waals surface area contributed by atoms with E-state index in [1.807, 2.05) is 30.3 Å². The molecule has 2 aromatic rings. The number of carbonyl (C=O) groups excluding carboxylic acids is 1. The Kier molecular flexibility index (Phi) is 2.93. The molecule has 1 heterocycles. The van der Waals surface area contributed by atoms with E-state index >= 15 is 0 Å². The lowest BCUT2D eigenvalue weighted by atomic mass is 10.1. The number of hydrogen-bond acceptors (Lipinski definition) is 3. The monoisotopic (exact) mass is 214 g/mol. The zero-order chi connectivity index (χ0) is 11.4. The molecule has 4 nitrogen and oxygen atoms in total.